The lowest BCUT2D eigenvalue weighted by Gasteiger charge is -2.34. The third kappa shape index (κ3) is 4.30. The van der Waals surface area contributed by atoms with Gasteiger partial charge in [0.2, 0.25) is 0 Å². The van der Waals surface area contributed by atoms with Crippen molar-refractivity contribution in [2.75, 3.05) is 19.6 Å². The van der Waals surface area contributed by atoms with Crippen LogP contribution < -0.4 is 5.56 Å². The van der Waals surface area contributed by atoms with Gasteiger partial charge in [-0.1, -0.05) is 18.2 Å². The Kier molecular flexibility index (Phi) is 5.97. The Morgan fingerprint density at radius 3 is 2.53 bits per heavy atom. The van der Waals surface area contributed by atoms with Gasteiger partial charge in [0.05, 0.1) is 6.10 Å². The molecule has 1 N–H and O–H groups in total. The minimum absolute atomic E-state index is 0.0165. The van der Waals surface area contributed by atoms with Crippen LogP contribution in [0.5, 0.6) is 0 Å². The predicted octanol–water partition coefficient (Wildman–Crippen LogP) is 3.44. The molecule has 0 spiro atoms. The molecule has 0 saturated carbocycles. The summed E-state index contributed by atoms with van der Waals surface area (Å²) in [5, 5.41) is 10.6. The Hall–Kier alpha value is -2.57. The number of pyridine rings is 1. The van der Waals surface area contributed by atoms with E-state index in [0.29, 0.717) is 12.1 Å². The van der Waals surface area contributed by atoms with E-state index >= 15 is 0 Å². The van der Waals surface area contributed by atoms with Gasteiger partial charge in [0.25, 0.3) is 5.56 Å². The van der Waals surface area contributed by atoms with Crippen LogP contribution in [0.4, 0.5) is 4.39 Å². The first-order valence-electron chi connectivity index (χ1n) is 10.6. The second-order valence-electron chi connectivity index (χ2n) is 8.34. The summed E-state index contributed by atoms with van der Waals surface area (Å²) in [6, 6.07) is 9.96. The summed E-state index contributed by atoms with van der Waals surface area (Å²) >= 11 is 0. The van der Waals surface area contributed by atoms with Crippen LogP contribution in [0, 0.1) is 25.6 Å². The van der Waals surface area contributed by atoms with Crippen LogP contribution in [0.3, 0.4) is 0 Å². The molecular formula is C24H28FN3O2. The number of nitrogens with zero attached hydrogens (tertiary/aromatic N) is 3. The number of aliphatic hydroxyl groups is 1. The number of hydrogen-bond acceptors (Lipinski definition) is 4. The summed E-state index contributed by atoms with van der Waals surface area (Å²) in [5.41, 5.74) is 4.07. The molecule has 1 aliphatic heterocycles. The second-order valence-corrected chi connectivity index (χ2v) is 8.34. The number of aliphatic hydroxyl groups excluding tert-OH is 1. The summed E-state index contributed by atoms with van der Waals surface area (Å²) < 4.78 is 14.8. The molecule has 1 aliphatic rings. The Balaban J connectivity index is 1.38. The van der Waals surface area contributed by atoms with E-state index in [0.717, 1.165) is 54.9 Å². The van der Waals surface area contributed by atoms with Crippen molar-refractivity contribution in [1.29, 1.82) is 0 Å². The minimum Gasteiger partial charge on any atom is -0.388 e. The Morgan fingerprint density at radius 1 is 1.13 bits per heavy atom. The molecule has 1 aromatic carbocycles. The molecule has 5 nitrogen and oxygen atoms in total. The molecule has 0 unspecified atom stereocenters. The molecule has 0 radical (unpaired) electrons. The number of aryl methyl sites for hydroxylation is 2. The lowest BCUT2D eigenvalue weighted by Crippen LogP contribution is -2.37. The number of likely N-dealkylation sites (tertiary alicyclic amines) is 1. The summed E-state index contributed by atoms with van der Waals surface area (Å²) in [6.07, 6.45) is 3.71. The Labute approximate surface area is 175 Å². The Bertz CT molecular complexity index is 1090. The summed E-state index contributed by atoms with van der Waals surface area (Å²) in [4.78, 5) is 19.9. The van der Waals surface area contributed by atoms with E-state index in [-0.39, 0.29) is 17.3 Å². The summed E-state index contributed by atoms with van der Waals surface area (Å²) in [5.74, 6) is -0.116. The monoisotopic (exact) mass is 409 g/mol. The number of halogens is 1. The highest BCUT2D eigenvalue weighted by atomic mass is 19.1. The topological polar surface area (TPSA) is 57.8 Å². The number of benzene rings is 1. The third-order valence-corrected chi connectivity index (χ3v) is 6.24. The van der Waals surface area contributed by atoms with Crippen molar-refractivity contribution < 1.29 is 9.50 Å². The zero-order valence-electron chi connectivity index (χ0n) is 17.5. The molecule has 2 aromatic heterocycles. The van der Waals surface area contributed by atoms with Crippen molar-refractivity contribution in [1.82, 2.24) is 14.3 Å². The molecular weight excluding hydrogens is 381 g/mol. The highest BCUT2D eigenvalue weighted by Gasteiger charge is 2.26. The van der Waals surface area contributed by atoms with Crippen molar-refractivity contribution in [2.24, 2.45) is 5.92 Å². The van der Waals surface area contributed by atoms with Crippen molar-refractivity contribution >= 4 is 5.65 Å². The highest BCUT2D eigenvalue weighted by Crippen LogP contribution is 2.30. The molecule has 0 bridgehead atoms. The average molecular weight is 410 g/mol. The van der Waals surface area contributed by atoms with Gasteiger partial charge in [0.15, 0.2) is 0 Å². The number of fused-ring (bicyclic) bond motifs is 1. The first-order chi connectivity index (χ1) is 14.4. The van der Waals surface area contributed by atoms with Crippen molar-refractivity contribution in [3.63, 3.8) is 0 Å². The molecule has 0 amide bonds. The molecule has 158 valence electrons. The molecule has 6 heteroatoms. The van der Waals surface area contributed by atoms with Crippen LogP contribution in [-0.2, 0) is 6.42 Å². The smallest absolute Gasteiger partial charge is 0.261 e. The lowest BCUT2D eigenvalue weighted by atomic mass is 9.87. The predicted molar refractivity (Wildman–Crippen MR) is 115 cm³/mol. The highest BCUT2D eigenvalue weighted by molar-refractivity contribution is 5.41. The SMILES string of the molecule is Cc1ccc2nc(C)c(CCN3CCC([C@@H](O)c4ccc(F)cc4)CC3)c(=O)n2c1. The lowest BCUT2D eigenvalue weighted by molar-refractivity contribution is 0.0591. The van der Waals surface area contributed by atoms with E-state index in [4.69, 9.17) is 0 Å². The zero-order valence-corrected chi connectivity index (χ0v) is 17.5. The zero-order chi connectivity index (χ0) is 21.3. The van der Waals surface area contributed by atoms with E-state index in [1.54, 1.807) is 16.5 Å². The van der Waals surface area contributed by atoms with E-state index < -0.39 is 6.10 Å². The first kappa shape index (κ1) is 20.7. The standard InChI is InChI=1S/C24H28FN3O2/c1-16-3-8-22-26-17(2)21(24(30)28(22)15-16)11-14-27-12-9-19(10-13-27)23(29)18-4-6-20(25)7-5-18/h3-8,15,19,23,29H,9-14H2,1-2H3/t23-/m0/s1. The van der Waals surface area contributed by atoms with Crippen LogP contribution >= 0.6 is 0 Å². The Morgan fingerprint density at radius 2 is 1.83 bits per heavy atom. The largest absolute Gasteiger partial charge is 0.388 e. The van der Waals surface area contributed by atoms with Crippen LogP contribution in [0.15, 0.2) is 47.4 Å². The minimum atomic E-state index is -0.562. The maximum Gasteiger partial charge on any atom is 0.261 e. The fourth-order valence-electron chi connectivity index (χ4n) is 4.37. The average Bonchev–Trinajstić information content (AvgIpc) is 2.75. The first-order valence-corrected chi connectivity index (χ1v) is 10.6. The van der Waals surface area contributed by atoms with Crippen LogP contribution in [0.1, 0.15) is 41.3 Å². The van der Waals surface area contributed by atoms with Gasteiger partial charge in [0.1, 0.15) is 11.5 Å². The molecule has 0 aliphatic carbocycles. The molecule has 1 atom stereocenters. The fraction of sp³-hybridized carbons (Fsp3) is 0.417. The molecule has 4 rings (SSSR count). The van der Waals surface area contributed by atoms with E-state index in [1.807, 2.05) is 32.2 Å². The molecule has 3 heterocycles. The van der Waals surface area contributed by atoms with E-state index in [9.17, 15) is 14.3 Å². The van der Waals surface area contributed by atoms with Crippen molar-refractivity contribution in [3.05, 3.63) is 81.2 Å². The van der Waals surface area contributed by atoms with E-state index in [2.05, 4.69) is 9.88 Å². The van der Waals surface area contributed by atoms with Gasteiger partial charge in [0, 0.05) is 24.0 Å². The van der Waals surface area contributed by atoms with Gasteiger partial charge in [-0.05, 0) is 81.4 Å². The van der Waals surface area contributed by atoms with Gasteiger partial charge in [-0.2, -0.15) is 0 Å². The van der Waals surface area contributed by atoms with Crippen LogP contribution in [-0.4, -0.2) is 39.0 Å². The van der Waals surface area contributed by atoms with Crippen LogP contribution in [0.2, 0.25) is 0 Å². The maximum absolute atomic E-state index is 13.1. The molecule has 1 fully saturated rings. The maximum atomic E-state index is 13.1. The summed E-state index contributed by atoms with van der Waals surface area (Å²) in [7, 11) is 0. The van der Waals surface area contributed by atoms with Crippen LogP contribution in [0.25, 0.3) is 5.65 Å². The number of piperidine rings is 1. The van der Waals surface area contributed by atoms with Gasteiger partial charge >= 0.3 is 0 Å². The van der Waals surface area contributed by atoms with Crippen molar-refractivity contribution in [2.45, 2.75) is 39.2 Å². The number of rotatable bonds is 5. The summed E-state index contributed by atoms with van der Waals surface area (Å²) in [6.45, 7) is 6.43. The quantitative estimate of drug-likeness (QED) is 0.701. The third-order valence-electron chi connectivity index (χ3n) is 6.24. The number of aromatic nitrogens is 2. The van der Waals surface area contributed by atoms with Gasteiger partial charge in [-0.25, -0.2) is 9.37 Å². The van der Waals surface area contributed by atoms with Gasteiger partial charge in [-0.15, -0.1) is 0 Å². The second kappa shape index (κ2) is 8.66. The van der Waals surface area contributed by atoms with Gasteiger partial charge < -0.3 is 10.0 Å². The van der Waals surface area contributed by atoms with Crippen molar-refractivity contribution in [3.8, 4) is 0 Å². The normalized spacial score (nSPS) is 16.8. The molecule has 30 heavy (non-hydrogen) atoms. The van der Waals surface area contributed by atoms with E-state index in [1.165, 1.54) is 12.1 Å². The fourth-order valence-corrected chi connectivity index (χ4v) is 4.37. The molecule has 3 aromatic rings. The van der Waals surface area contributed by atoms with Gasteiger partial charge in [-0.3, -0.25) is 9.20 Å². The number of hydrogen-bond donors (Lipinski definition) is 1. The molecule has 1 saturated heterocycles.